The van der Waals surface area contributed by atoms with Crippen molar-refractivity contribution in [1.82, 2.24) is 10.0 Å². The lowest BCUT2D eigenvalue weighted by Gasteiger charge is -2.30. The van der Waals surface area contributed by atoms with Gasteiger partial charge >= 0.3 is 0 Å². The Bertz CT molecular complexity index is 1190. The molecule has 2 aromatic carbocycles. The highest BCUT2D eigenvalue weighted by Gasteiger charge is 2.51. The predicted octanol–water partition coefficient (Wildman–Crippen LogP) is 5.49. The molecule has 1 aliphatic heterocycles. The molecule has 0 N–H and O–H groups in total. The SMILES string of the molecule is O=C(CN(C(=O)c1ccc(Cl)cc1Cl)N1C(=O)[C@H]2CC=CC[C@H]2C1=O)c1ccc(Cl)cc1Cl. The molecule has 6 nitrogen and oxygen atoms in total. The first kappa shape index (κ1) is 23.8. The minimum atomic E-state index is -0.789. The number of Topliss-reactive ketones (excluding diaryl/α,β-unsaturated/α-hetero) is 1. The maximum Gasteiger partial charge on any atom is 0.274 e. The number of amides is 3. The van der Waals surface area contributed by atoms with Crippen LogP contribution in [0.5, 0.6) is 0 Å². The molecule has 0 radical (unpaired) electrons. The van der Waals surface area contributed by atoms with Crippen molar-refractivity contribution in [2.75, 3.05) is 6.54 Å². The number of fused-ring (bicyclic) bond motifs is 1. The molecule has 2 aliphatic rings. The van der Waals surface area contributed by atoms with E-state index in [1.54, 1.807) is 0 Å². The molecule has 10 heteroatoms. The second kappa shape index (κ2) is 9.47. The van der Waals surface area contributed by atoms with Crippen LogP contribution in [0.2, 0.25) is 20.1 Å². The standard InChI is InChI=1S/C23H16Cl4N2O4/c24-12-5-7-16(18(26)9-12)20(30)11-28(21(31)17-8-6-13(25)10-19(17)27)29-22(32)14-3-1-2-4-15(14)23(29)33/h1-2,5-10,14-15H,3-4,11H2/t14-,15+. The molecule has 1 fully saturated rings. The Morgan fingerprint density at radius 1 is 0.818 bits per heavy atom. The summed E-state index contributed by atoms with van der Waals surface area (Å²) in [5.74, 6) is -3.63. The van der Waals surface area contributed by atoms with Crippen molar-refractivity contribution in [3.63, 3.8) is 0 Å². The highest BCUT2D eigenvalue weighted by molar-refractivity contribution is 6.37. The summed E-state index contributed by atoms with van der Waals surface area (Å²) >= 11 is 24.2. The van der Waals surface area contributed by atoms with Crippen LogP contribution in [-0.4, -0.2) is 40.1 Å². The number of carbonyl (C=O) groups excluding carboxylic acids is 4. The molecule has 0 bridgehead atoms. The molecule has 2 atom stereocenters. The van der Waals surface area contributed by atoms with E-state index in [1.165, 1.54) is 36.4 Å². The van der Waals surface area contributed by atoms with E-state index in [1.807, 2.05) is 12.2 Å². The van der Waals surface area contributed by atoms with Crippen molar-refractivity contribution < 1.29 is 19.2 Å². The van der Waals surface area contributed by atoms with Gasteiger partial charge in [-0.3, -0.25) is 19.2 Å². The monoisotopic (exact) mass is 524 g/mol. The van der Waals surface area contributed by atoms with E-state index in [4.69, 9.17) is 46.4 Å². The molecule has 2 aromatic rings. The number of halogens is 4. The molecule has 0 spiro atoms. The van der Waals surface area contributed by atoms with Crippen LogP contribution >= 0.6 is 46.4 Å². The van der Waals surface area contributed by atoms with E-state index in [-0.39, 0.29) is 21.2 Å². The second-order valence-corrected chi connectivity index (χ2v) is 9.37. The molecular formula is C23H16Cl4N2O4. The van der Waals surface area contributed by atoms with Crippen molar-refractivity contribution in [1.29, 1.82) is 0 Å². The molecule has 1 aliphatic carbocycles. The van der Waals surface area contributed by atoms with Crippen LogP contribution in [0.1, 0.15) is 33.6 Å². The van der Waals surface area contributed by atoms with Crippen LogP contribution in [0.25, 0.3) is 0 Å². The zero-order valence-corrected chi connectivity index (χ0v) is 20.0. The fourth-order valence-corrected chi connectivity index (χ4v) is 5.00. The number of benzene rings is 2. The number of ketones is 1. The summed E-state index contributed by atoms with van der Waals surface area (Å²) in [6.45, 7) is -0.608. The first-order chi connectivity index (χ1) is 15.7. The van der Waals surface area contributed by atoms with Gasteiger partial charge in [0.2, 0.25) is 0 Å². The Balaban J connectivity index is 1.73. The molecule has 1 saturated heterocycles. The largest absolute Gasteiger partial charge is 0.292 e. The third-order valence-corrected chi connectivity index (χ3v) is 6.74. The summed E-state index contributed by atoms with van der Waals surface area (Å²) < 4.78 is 0. The van der Waals surface area contributed by atoms with Crippen molar-refractivity contribution in [2.45, 2.75) is 12.8 Å². The van der Waals surface area contributed by atoms with Crippen molar-refractivity contribution >= 4 is 69.9 Å². The Hall–Kier alpha value is -2.38. The zero-order valence-electron chi connectivity index (χ0n) is 16.9. The lowest BCUT2D eigenvalue weighted by molar-refractivity contribution is -0.154. The second-order valence-electron chi connectivity index (χ2n) is 7.68. The summed E-state index contributed by atoms with van der Waals surface area (Å²) in [5, 5.41) is 2.35. The lowest BCUT2D eigenvalue weighted by atomic mass is 9.85. The van der Waals surface area contributed by atoms with Gasteiger partial charge in [0.25, 0.3) is 17.7 Å². The first-order valence-electron chi connectivity index (χ1n) is 9.97. The zero-order chi connectivity index (χ0) is 23.9. The predicted molar refractivity (Wildman–Crippen MR) is 125 cm³/mol. The number of imide groups is 1. The van der Waals surface area contributed by atoms with Crippen LogP contribution in [0, 0.1) is 11.8 Å². The quantitative estimate of drug-likeness (QED) is 0.294. The van der Waals surface area contributed by atoms with Gasteiger partial charge in [-0.15, -0.1) is 0 Å². The highest BCUT2D eigenvalue weighted by atomic mass is 35.5. The summed E-state index contributed by atoms with van der Waals surface area (Å²) in [4.78, 5) is 52.9. The maximum atomic E-state index is 13.5. The van der Waals surface area contributed by atoms with Gasteiger partial charge in [-0.1, -0.05) is 58.6 Å². The first-order valence-corrected chi connectivity index (χ1v) is 11.5. The molecule has 170 valence electrons. The summed E-state index contributed by atoms with van der Waals surface area (Å²) in [6, 6.07) is 8.49. The molecule has 4 rings (SSSR count). The van der Waals surface area contributed by atoms with E-state index in [0.29, 0.717) is 22.9 Å². The summed E-state index contributed by atoms with van der Waals surface area (Å²) in [6.07, 6.45) is 4.42. The molecule has 0 aromatic heterocycles. The van der Waals surface area contributed by atoms with Crippen LogP contribution in [0.15, 0.2) is 48.6 Å². The Kier molecular flexibility index (Phi) is 6.82. The minimum Gasteiger partial charge on any atom is -0.292 e. The third kappa shape index (κ3) is 4.53. The Morgan fingerprint density at radius 3 is 1.79 bits per heavy atom. The third-order valence-electron chi connectivity index (χ3n) is 5.65. The maximum absolute atomic E-state index is 13.5. The van der Waals surface area contributed by atoms with Crippen LogP contribution in [0.4, 0.5) is 0 Å². The van der Waals surface area contributed by atoms with Crippen molar-refractivity contribution in [3.05, 3.63) is 79.8 Å². The fraction of sp³-hybridized carbons (Fsp3) is 0.217. The average Bonchev–Trinajstić information content (AvgIpc) is 3.02. The number of carbonyl (C=O) groups is 4. The number of hydrogen-bond donors (Lipinski definition) is 0. The number of rotatable bonds is 5. The van der Waals surface area contributed by atoms with Gasteiger partial charge in [0, 0.05) is 15.6 Å². The van der Waals surface area contributed by atoms with E-state index >= 15 is 0 Å². The number of hydrogen-bond acceptors (Lipinski definition) is 4. The van der Waals surface area contributed by atoms with Crippen LogP contribution in [0.3, 0.4) is 0 Å². The van der Waals surface area contributed by atoms with E-state index < -0.39 is 41.9 Å². The van der Waals surface area contributed by atoms with Gasteiger partial charge in [0.05, 0.1) is 27.4 Å². The van der Waals surface area contributed by atoms with Crippen molar-refractivity contribution in [2.24, 2.45) is 11.8 Å². The van der Waals surface area contributed by atoms with Crippen molar-refractivity contribution in [3.8, 4) is 0 Å². The normalized spacial score (nSPS) is 19.6. The Morgan fingerprint density at radius 2 is 1.30 bits per heavy atom. The summed E-state index contributed by atoms with van der Waals surface area (Å²) in [7, 11) is 0. The number of hydrazine groups is 1. The molecule has 0 unspecified atom stereocenters. The average molecular weight is 526 g/mol. The van der Waals surface area contributed by atoms with Gasteiger partial charge in [0.15, 0.2) is 5.78 Å². The summed E-state index contributed by atoms with van der Waals surface area (Å²) in [5.41, 5.74) is 0.0870. The van der Waals surface area contributed by atoms with Crippen LogP contribution in [-0.2, 0) is 9.59 Å². The molecule has 3 amide bonds. The van der Waals surface area contributed by atoms with Gasteiger partial charge in [-0.25, -0.2) is 5.01 Å². The van der Waals surface area contributed by atoms with Gasteiger partial charge < -0.3 is 0 Å². The Labute approximate surface area is 209 Å². The lowest BCUT2D eigenvalue weighted by Crippen LogP contribution is -2.52. The number of nitrogens with zero attached hydrogens (tertiary/aromatic N) is 2. The molecular weight excluding hydrogens is 510 g/mol. The minimum absolute atomic E-state index is 0.00957. The fourth-order valence-electron chi connectivity index (χ4n) is 3.99. The number of allylic oxidation sites excluding steroid dienone is 2. The van der Waals surface area contributed by atoms with E-state index in [9.17, 15) is 19.2 Å². The van der Waals surface area contributed by atoms with Gasteiger partial charge in [0.1, 0.15) is 6.54 Å². The van der Waals surface area contributed by atoms with E-state index in [0.717, 1.165) is 10.0 Å². The molecule has 1 heterocycles. The van der Waals surface area contributed by atoms with Crippen LogP contribution < -0.4 is 0 Å². The topological polar surface area (TPSA) is 74.8 Å². The van der Waals surface area contributed by atoms with Gasteiger partial charge in [-0.2, -0.15) is 5.01 Å². The highest BCUT2D eigenvalue weighted by Crippen LogP contribution is 2.37. The van der Waals surface area contributed by atoms with Gasteiger partial charge in [-0.05, 0) is 49.2 Å². The molecule has 0 saturated carbocycles. The van der Waals surface area contributed by atoms with E-state index in [2.05, 4.69) is 0 Å². The molecule has 33 heavy (non-hydrogen) atoms. The smallest absolute Gasteiger partial charge is 0.274 e.